The molecule has 0 saturated carbocycles. The van der Waals surface area contributed by atoms with Crippen molar-refractivity contribution < 1.29 is 9.18 Å². The van der Waals surface area contributed by atoms with Gasteiger partial charge >= 0.3 is 0 Å². The Bertz CT molecular complexity index is 432. The summed E-state index contributed by atoms with van der Waals surface area (Å²) in [5, 5.41) is 6.13. The fraction of sp³-hybridized carbons (Fsp3) is 0.562. The molecule has 0 radical (unpaired) electrons. The van der Waals surface area contributed by atoms with Crippen molar-refractivity contribution in [3.63, 3.8) is 0 Å². The van der Waals surface area contributed by atoms with Crippen LogP contribution in [-0.4, -0.2) is 18.0 Å². The van der Waals surface area contributed by atoms with Crippen LogP contribution in [0.3, 0.4) is 0 Å². The average molecular weight is 280 g/mol. The minimum Gasteiger partial charge on any atom is -0.352 e. The van der Waals surface area contributed by atoms with Crippen LogP contribution in [0.1, 0.15) is 52.1 Å². The molecular formula is C16H25FN2O. The van der Waals surface area contributed by atoms with Gasteiger partial charge in [0, 0.05) is 17.6 Å². The van der Waals surface area contributed by atoms with E-state index < -0.39 is 0 Å². The second kappa shape index (κ2) is 8.00. The zero-order valence-corrected chi connectivity index (χ0v) is 12.7. The second-order valence-electron chi connectivity index (χ2n) is 5.15. The summed E-state index contributed by atoms with van der Waals surface area (Å²) in [6.45, 7) is 7.76. The SMILES string of the molecule is CCC(CC)NC(=O)C(C)NC(C)c1ccccc1F. The Morgan fingerprint density at radius 3 is 2.35 bits per heavy atom. The molecule has 1 rings (SSSR count). The van der Waals surface area contributed by atoms with Crippen LogP contribution in [0.25, 0.3) is 0 Å². The minimum atomic E-state index is -0.356. The molecule has 4 heteroatoms. The average Bonchev–Trinajstić information content (AvgIpc) is 2.44. The molecule has 1 aromatic carbocycles. The summed E-state index contributed by atoms with van der Waals surface area (Å²) in [5.74, 6) is -0.290. The first-order valence-electron chi connectivity index (χ1n) is 7.30. The van der Waals surface area contributed by atoms with E-state index in [0.29, 0.717) is 5.56 Å². The molecule has 2 N–H and O–H groups in total. The molecule has 1 aromatic rings. The van der Waals surface area contributed by atoms with E-state index in [4.69, 9.17) is 0 Å². The Kier molecular flexibility index (Phi) is 6.65. The Balaban J connectivity index is 2.59. The zero-order chi connectivity index (χ0) is 15.1. The largest absolute Gasteiger partial charge is 0.352 e. The van der Waals surface area contributed by atoms with Crippen molar-refractivity contribution >= 4 is 5.91 Å². The lowest BCUT2D eigenvalue weighted by Crippen LogP contribution is -2.46. The summed E-state index contributed by atoms with van der Waals surface area (Å²) < 4.78 is 13.7. The Morgan fingerprint density at radius 2 is 1.80 bits per heavy atom. The lowest BCUT2D eigenvalue weighted by atomic mass is 10.1. The maximum Gasteiger partial charge on any atom is 0.237 e. The van der Waals surface area contributed by atoms with Crippen LogP contribution in [0.4, 0.5) is 4.39 Å². The van der Waals surface area contributed by atoms with Gasteiger partial charge < -0.3 is 5.32 Å². The van der Waals surface area contributed by atoms with E-state index in [1.165, 1.54) is 6.07 Å². The highest BCUT2D eigenvalue weighted by Crippen LogP contribution is 2.16. The molecule has 2 atom stereocenters. The molecule has 0 saturated heterocycles. The molecule has 0 aliphatic rings. The van der Waals surface area contributed by atoms with Crippen molar-refractivity contribution in [2.45, 2.75) is 58.7 Å². The van der Waals surface area contributed by atoms with Gasteiger partial charge in [-0.25, -0.2) is 4.39 Å². The van der Waals surface area contributed by atoms with Crippen molar-refractivity contribution in [3.05, 3.63) is 35.6 Å². The van der Waals surface area contributed by atoms with Crippen molar-refractivity contribution in [2.24, 2.45) is 0 Å². The molecule has 2 unspecified atom stereocenters. The number of hydrogen-bond donors (Lipinski definition) is 2. The van der Waals surface area contributed by atoms with E-state index >= 15 is 0 Å². The van der Waals surface area contributed by atoms with Crippen molar-refractivity contribution in [1.29, 1.82) is 0 Å². The number of amides is 1. The van der Waals surface area contributed by atoms with E-state index in [-0.39, 0.29) is 29.8 Å². The molecule has 0 aliphatic carbocycles. The molecule has 112 valence electrons. The monoisotopic (exact) mass is 280 g/mol. The molecule has 0 heterocycles. The fourth-order valence-electron chi connectivity index (χ4n) is 2.19. The highest BCUT2D eigenvalue weighted by Gasteiger charge is 2.19. The first-order valence-corrected chi connectivity index (χ1v) is 7.30. The first-order chi connectivity index (χ1) is 9.49. The normalized spacial score (nSPS) is 14.1. The third kappa shape index (κ3) is 4.60. The van der Waals surface area contributed by atoms with Crippen molar-refractivity contribution in [3.8, 4) is 0 Å². The number of rotatable bonds is 7. The Morgan fingerprint density at radius 1 is 1.20 bits per heavy atom. The van der Waals surface area contributed by atoms with Crippen LogP contribution in [-0.2, 0) is 4.79 Å². The lowest BCUT2D eigenvalue weighted by molar-refractivity contribution is -0.123. The number of benzene rings is 1. The van der Waals surface area contributed by atoms with E-state index in [2.05, 4.69) is 24.5 Å². The molecule has 3 nitrogen and oxygen atoms in total. The Labute approximate surface area is 121 Å². The molecule has 1 amide bonds. The van der Waals surface area contributed by atoms with Gasteiger partial charge in [-0.15, -0.1) is 0 Å². The molecule has 0 aliphatic heterocycles. The summed E-state index contributed by atoms with van der Waals surface area (Å²) in [7, 11) is 0. The number of hydrogen-bond acceptors (Lipinski definition) is 2. The van der Waals surface area contributed by atoms with Gasteiger partial charge in [0.25, 0.3) is 0 Å². The molecule has 0 bridgehead atoms. The van der Waals surface area contributed by atoms with Gasteiger partial charge in [0.15, 0.2) is 0 Å². The van der Waals surface area contributed by atoms with Gasteiger partial charge in [0.1, 0.15) is 5.82 Å². The van der Waals surface area contributed by atoms with E-state index in [9.17, 15) is 9.18 Å². The van der Waals surface area contributed by atoms with Crippen LogP contribution < -0.4 is 10.6 Å². The van der Waals surface area contributed by atoms with E-state index in [1.807, 2.05) is 6.92 Å². The molecule has 0 aromatic heterocycles. The van der Waals surface area contributed by atoms with Crippen LogP contribution in [0.15, 0.2) is 24.3 Å². The van der Waals surface area contributed by atoms with Crippen molar-refractivity contribution in [1.82, 2.24) is 10.6 Å². The smallest absolute Gasteiger partial charge is 0.237 e. The molecule has 0 spiro atoms. The predicted molar refractivity (Wildman–Crippen MR) is 79.9 cm³/mol. The quantitative estimate of drug-likeness (QED) is 0.805. The van der Waals surface area contributed by atoms with Crippen LogP contribution in [0.2, 0.25) is 0 Å². The van der Waals surface area contributed by atoms with Gasteiger partial charge in [-0.1, -0.05) is 32.0 Å². The fourth-order valence-corrected chi connectivity index (χ4v) is 2.19. The van der Waals surface area contributed by atoms with Gasteiger partial charge in [0.05, 0.1) is 6.04 Å². The summed E-state index contributed by atoms with van der Waals surface area (Å²) in [6.07, 6.45) is 1.83. The number of carbonyl (C=O) groups excluding carboxylic acids is 1. The van der Waals surface area contributed by atoms with Gasteiger partial charge in [-0.3, -0.25) is 10.1 Å². The highest BCUT2D eigenvalue weighted by atomic mass is 19.1. The summed E-state index contributed by atoms with van der Waals surface area (Å²) in [6, 6.07) is 6.26. The maximum absolute atomic E-state index is 13.7. The van der Waals surface area contributed by atoms with Crippen LogP contribution in [0.5, 0.6) is 0 Å². The Hall–Kier alpha value is -1.42. The number of carbonyl (C=O) groups is 1. The van der Waals surface area contributed by atoms with Gasteiger partial charge in [-0.05, 0) is 32.8 Å². The summed E-state index contributed by atoms with van der Waals surface area (Å²) in [5.41, 5.74) is 0.578. The maximum atomic E-state index is 13.7. The molecular weight excluding hydrogens is 255 g/mol. The summed E-state index contributed by atoms with van der Waals surface area (Å²) in [4.78, 5) is 12.1. The number of halogens is 1. The van der Waals surface area contributed by atoms with Crippen LogP contribution in [0, 0.1) is 5.82 Å². The van der Waals surface area contributed by atoms with E-state index in [1.54, 1.807) is 25.1 Å². The molecule has 20 heavy (non-hydrogen) atoms. The van der Waals surface area contributed by atoms with E-state index in [0.717, 1.165) is 12.8 Å². The van der Waals surface area contributed by atoms with Gasteiger partial charge in [0.2, 0.25) is 5.91 Å². The third-order valence-electron chi connectivity index (χ3n) is 3.60. The highest BCUT2D eigenvalue weighted by molar-refractivity contribution is 5.81. The lowest BCUT2D eigenvalue weighted by Gasteiger charge is -2.23. The number of nitrogens with one attached hydrogen (secondary N) is 2. The van der Waals surface area contributed by atoms with Crippen molar-refractivity contribution in [2.75, 3.05) is 0 Å². The topological polar surface area (TPSA) is 41.1 Å². The second-order valence-corrected chi connectivity index (χ2v) is 5.15. The standard InChI is InChI=1S/C16H25FN2O/c1-5-13(6-2)19-16(20)12(4)18-11(3)14-9-7-8-10-15(14)17/h7-13,18H,5-6H2,1-4H3,(H,19,20). The summed E-state index contributed by atoms with van der Waals surface area (Å²) >= 11 is 0. The van der Waals surface area contributed by atoms with Gasteiger partial charge in [-0.2, -0.15) is 0 Å². The first kappa shape index (κ1) is 16.6. The van der Waals surface area contributed by atoms with Crippen LogP contribution >= 0.6 is 0 Å². The third-order valence-corrected chi connectivity index (χ3v) is 3.60. The minimum absolute atomic E-state index is 0.0399. The molecule has 0 fully saturated rings. The predicted octanol–water partition coefficient (Wildman–Crippen LogP) is 3.17. The zero-order valence-electron chi connectivity index (χ0n) is 12.7.